The van der Waals surface area contributed by atoms with Gasteiger partial charge in [-0.25, -0.2) is 4.79 Å². The van der Waals surface area contributed by atoms with Gasteiger partial charge in [0.2, 0.25) is 5.91 Å². The lowest BCUT2D eigenvalue weighted by molar-refractivity contribution is -0.113. The van der Waals surface area contributed by atoms with Gasteiger partial charge in [0.25, 0.3) is 0 Å². The fourth-order valence-electron chi connectivity index (χ4n) is 2.71. The van der Waals surface area contributed by atoms with Crippen molar-refractivity contribution in [3.8, 4) is 11.5 Å². The summed E-state index contributed by atoms with van der Waals surface area (Å²) in [6.45, 7) is 7.10. The van der Waals surface area contributed by atoms with Crippen LogP contribution in [0.2, 0.25) is 0 Å². The van der Waals surface area contributed by atoms with Gasteiger partial charge in [-0.2, -0.15) is 0 Å². The van der Waals surface area contributed by atoms with E-state index in [9.17, 15) is 9.59 Å². The van der Waals surface area contributed by atoms with E-state index in [2.05, 4.69) is 5.32 Å². The van der Waals surface area contributed by atoms with Crippen LogP contribution in [0.3, 0.4) is 0 Å². The standard InChI is InChI=1S/C20H23NO5S2/c1-4-24-20(23)18-12(2)13(3)28-19(18)21-17(22)11-27-14-6-7-15-16(10-14)26-9-5-8-25-15/h6-7,10H,4-5,8-9,11H2,1-3H3,(H,21,22). The van der Waals surface area contributed by atoms with Crippen LogP contribution < -0.4 is 14.8 Å². The summed E-state index contributed by atoms with van der Waals surface area (Å²) in [4.78, 5) is 26.6. The number of amides is 1. The van der Waals surface area contributed by atoms with E-state index in [1.165, 1.54) is 23.1 Å². The number of esters is 1. The molecule has 1 aliphatic rings. The summed E-state index contributed by atoms with van der Waals surface area (Å²) in [5.41, 5.74) is 1.28. The van der Waals surface area contributed by atoms with Gasteiger partial charge in [0.05, 0.1) is 31.1 Å². The third-order valence-electron chi connectivity index (χ3n) is 4.21. The van der Waals surface area contributed by atoms with Crippen LogP contribution in [0.15, 0.2) is 23.1 Å². The number of thiophene rings is 1. The summed E-state index contributed by atoms with van der Waals surface area (Å²) in [5.74, 6) is 1.07. The molecule has 0 spiro atoms. The minimum absolute atomic E-state index is 0.177. The number of carbonyl (C=O) groups excluding carboxylic acids is 2. The Labute approximate surface area is 172 Å². The van der Waals surface area contributed by atoms with Gasteiger partial charge in [0.15, 0.2) is 11.5 Å². The predicted molar refractivity (Wildman–Crippen MR) is 111 cm³/mol. The van der Waals surface area contributed by atoms with Gasteiger partial charge in [0.1, 0.15) is 5.00 Å². The molecule has 1 amide bonds. The molecule has 0 atom stereocenters. The molecule has 3 rings (SSSR count). The van der Waals surface area contributed by atoms with E-state index in [0.29, 0.717) is 36.1 Å². The Morgan fingerprint density at radius 1 is 1.21 bits per heavy atom. The lowest BCUT2D eigenvalue weighted by Gasteiger charge is -2.09. The molecule has 1 aromatic carbocycles. The second-order valence-corrected chi connectivity index (χ2v) is 8.48. The zero-order chi connectivity index (χ0) is 20.1. The molecule has 2 heterocycles. The maximum Gasteiger partial charge on any atom is 0.341 e. The van der Waals surface area contributed by atoms with Gasteiger partial charge >= 0.3 is 5.97 Å². The van der Waals surface area contributed by atoms with Crippen LogP contribution in [-0.2, 0) is 9.53 Å². The number of carbonyl (C=O) groups is 2. The van der Waals surface area contributed by atoms with Gasteiger partial charge in [-0.05, 0) is 44.5 Å². The normalized spacial score (nSPS) is 13.0. The van der Waals surface area contributed by atoms with Crippen molar-refractivity contribution >= 4 is 40.0 Å². The van der Waals surface area contributed by atoms with Crippen LogP contribution >= 0.6 is 23.1 Å². The first-order chi connectivity index (χ1) is 13.5. The number of fused-ring (bicyclic) bond motifs is 1. The number of aryl methyl sites for hydroxylation is 1. The molecule has 0 saturated carbocycles. The summed E-state index contributed by atoms with van der Waals surface area (Å²) >= 11 is 2.79. The van der Waals surface area contributed by atoms with E-state index in [4.69, 9.17) is 14.2 Å². The fraction of sp³-hybridized carbons (Fsp3) is 0.400. The fourth-order valence-corrected chi connectivity index (χ4v) is 4.50. The number of anilines is 1. The Morgan fingerprint density at radius 2 is 1.96 bits per heavy atom. The highest BCUT2D eigenvalue weighted by Gasteiger charge is 2.22. The first kappa shape index (κ1) is 20.5. The van der Waals surface area contributed by atoms with Crippen LogP contribution in [0.1, 0.15) is 34.1 Å². The average Bonchev–Trinajstić information content (AvgIpc) is 2.84. The summed E-state index contributed by atoms with van der Waals surface area (Å²) in [6, 6.07) is 5.67. The Hall–Kier alpha value is -2.19. The van der Waals surface area contributed by atoms with Crippen molar-refractivity contribution < 1.29 is 23.8 Å². The molecule has 6 nitrogen and oxygen atoms in total. The van der Waals surface area contributed by atoms with Crippen molar-refractivity contribution in [3.63, 3.8) is 0 Å². The van der Waals surface area contributed by atoms with Crippen LogP contribution in [0, 0.1) is 13.8 Å². The van der Waals surface area contributed by atoms with Crippen LogP contribution in [0.25, 0.3) is 0 Å². The highest BCUT2D eigenvalue weighted by Crippen LogP contribution is 2.35. The predicted octanol–water partition coefficient (Wildman–Crippen LogP) is 4.43. The molecule has 1 N–H and O–H groups in total. The van der Waals surface area contributed by atoms with E-state index in [0.717, 1.165) is 27.5 Å². The first-order valence-electron chi connectivity index (χ1n) is 9.09. The highest BCUT2D eigenvalue weighted by atomic mass is 32.2. The molecule has 2 aromatic rings. The molecule has 0 unspecified atom stereocenters. The molecular formula is C20H23NO5S2. The molecule has 1 aliphatic heterocycles. The molecule has 28 heavy (non-hydrogen) atoms. The number of nitrogens with one attached hydrogen (secondary N) is 1. The first-order valence-corrected chi connectivity index (χ1v) is 10.9. The second kappa shape index (κ2) is 9.34. The van der Waals surface area contributed by atoms with Gasteiger partial charge in [-0.15, -0.1) is 23.1 Å². The van der Waals surface area contributed by atoms with Crippen molar-refractivity contribution in [2.75, 3.05) is 30.9 Å². The third-order valence-corrected chi connectivity index (χ3v) is 6.32. The number of hydrogen-bond acceptors (Lipinski definition) is 7. The lowest BCUT2D eigenvalue weighted by atomic mass is 10.1. The van der Waals surface area contributed by atoms with Crippen LogP contribution in [-0.4, -0.2) is 37.4 Å². The number of hydrogen-bond donors (Lipinski definition) is 1. The van der Waals surface area contributed by atoms with Crippen molar-refractivity contribution in [2.45, 2.75) is 32.1 Å². The van der Waals surface area contributed by atoms with Gasteiger partial charge in [0, 0.05) is 16.2 Å². The maximum absolute atomic E-state index is 12.4. The van der Waals surface area contributed by atoms with E-state index in [1.54, 1.807) is 6.92 Å². The molecule has 0 fully saturated rings. The quantitative estimate of drug-likeness (QED) is 0.549. The Balaban J connectivity index is 1.64. The second-order valence-electron chi connectivity index (χ2n) is 6.20. The Bertz CT molecular complexity index is 878. The summed E-state index contributed by atoms with van der Waals surface area (Å²) in [7, 11) is 0. The molecule has 1 aromatic heterocycles. The van der Waals surface area contributed by atoms with Crippen LogP contribution in [0.4, 0.5) is 5.00 Å². The number of benzene rings is 1. The van der Waals surface area contributed by atoms with Crippen LogP contribution in [0.5, 0.6) is 11.5 Å². The Morgan fingerprint density at radius 3 is 2.71 bits per heavy atom. The van der Waals surface area contributed by atoms with E-state index in [1.807, 2.05) is 32.0 Å². The van der Waals surface area contributed by atoms with Crippen molar-refractivity contribution in [1.82, 2.24) is 0 Å². The maximum atomic E-state index is 12.4. The summed E-state index contributed by atoms with van der Waals surface area (Å²) in [6.07, 6.45) is 0.849. The molecule has 0 aliphatic carbocycles. The Kier molecular flexibility index (Phi) is 6.85. The number of thioether (sulfide) groups is 1. The molecule has 150 valence electrons. The average molecular weight is 422 g/mol. The summed E-state index contributed by atoms with van der Waals surface area (Å²) < 4.78 is 16.4. The minimum atomic E-state index is -0.407. The topological polar surface area (TPSA) is 73.9 Å². The van der Waals surface area contributed by atoms with Crippen molar-refractivity contribution in [2.24, 2.45) is 0 Å². The highest BCUT2D eigenvalue weighted by molar-refractivity contribution is 8.00. The number of rotatable bonds is 6. The molecule has 0 saturated heterocycles. The van der Waals surface area contributed by atoms with Gasteiger partial charge in [-0.3, -0.25) is 4.79 Å². The van der Waals surface area contributed by atoms with Crippen molar-refractivity contribution in [1.29, 1.82) is 0 Å². The minimum Gasteiger partial charge on any atom is -0.490 e. The summed E-state index contributed by atoms with van der Waals surface area (Å²) in [5, 5.41) is 3.40. The monoisotopic (exact) mass is 421 g/mol. The SMILES string of the molecule is CCOC(=O)c1c(NC(=O)CSc2ccc3c(c2)OCCCO3)sc(C)c1C. The zero-order valence-corrected chi connectivity index (χ0v) is 17.8. The van der Waals surface area contributed by atoms with E-state index in [-0.39, 0.29) is 11.7 Å². The molecule has 8 heteroatoms. The largest absolute Gasteiger partial charge is 0.490 e. The van der Waals surface area contributed by atoms with E-state index < -0.39 is 5.97 Å². The van der Waals surface area contributed by atoms with Gasteiger partial charge in [-0.1, -0.05) is 0 Å². The molecule has 0 radical (unpaired) electrons. The van der Waals surface area contributed by atoms with Gasteiger partial charge < -0.3 is 19.5 Å². The third kappa shape index (κ3) is 4.80. The zero-order valence-electron chi connectivity index (χ0n) is 16.1. The number of ether oxygens (including phenoxy) is 3. The lowest BCUT2D eigenvalue weighted by Crippen LogP contribution is -2.16. The van der Waals surface area contributed by atoms with Crippen molar-refractivity contribution in [3.05, 3.63) is 34.2 Å². The molecular weight excluding hydrogens is 398 g/mol. The van der Waals surface area contributed by atoms with E-state index >= 15 is 0 Å². The molecule has 0 bridgehead atoms. The smallest absolute Gasteiger partial charge is 0.341 e.